The van der Waals surface area contributed by atoms with Gasteiger partial charge < -0.3 is 4.90 Å². The predicted octanol–water partition coefficient (Wildman–Crippen LogP) is 4.31. The number of benzene rings is 2. The Kier molecular flexibility index (Phi) is 5.38. The second-order valence-electron chi connectivity index (χ2n) is 8.33. The van der Waals surface area contributed by atoms with Gasteiger partial charge in [-0.25, -0.2) is 8.42 Å². The summed E-state index contributed by atoms with van der Waals surface area (Å²) in [6, 6.07) is 15.3. The van der Waals surface area contributed by atoms with Gasteiger partial charge in [0, 0.05) is 25.7 Å². The summed E-state index contributed by atoms with van der Waals surface area (Å²) in [5.74, 6) is -0.00166. The van der Waals surface area contributed by atoms with E-state index in [2.05, 4.69) is 0 Å². The van der Waals surface area contributed by atoms with E-state index in [4.69, 9.17) is 0 Å². The molecule has 0 unspecified atom stereocenters. The van der Waals surface area contributed by atoms with Crippen LogP contribution in [0.15, 0.2) is 59.5 Å². The largest absolute Gasteiger partial charge is 0.339 e. The van der Waals surface area contributed by atoms with E-state index in [1.807, 2.05) is 11.0 Å². The number of likely N-dealkylation sites (tertiary alicyclic amines) is 1. The fourth-order valence-electron chi connectivity index (χ4n) is 4.70. The van der Waals surface area contributed by atoms with Gasteiger partial charge in [-0.05, 0) is 67.5 Å². The number of para-hydroxylation sites is 1. The Bertz CT molecular complexity index is 955. The molecule has 0 aromatic heterocycles. The average molecular weight is 413 g/mol. The predicted molar refractivity (Wildman–Crippen MR) is 115 cm³/mol. The fraction of sp³-hybridized carbons (Fsp3) is 0.435. The van der Waals surface area contributed by atoms with E-state index in [1.54, 1.807) is 36.4 Å². The number of piperidine rings is 1. The van der Waals surface area contributed by atoms with Crippen LogP contribution in [-0.4, -0.2) is 39.4 Å². The molecule has 1 aliphatic heterocycles. The first kappa shape index (κ1) is 20.0. The van der Waals surface area contributed by atoms with Gasteiger partial charge >= 0.3 is 0 Å². The first-order chi connectivity index (χ1) is 13.9. The number of nitrogens with zero attached hydrogens (tertiary/aromatic N) is 2. The first-order valence-corrected chi connectivity index (χ1v) is 11.8. The van der Waals surface area contributed by atoms with Gasteiger partial charge in [-0.3, -0.25) is 9.10 Å². The number of rotatable bonds is 4. The van der Waals surface area contributed by atoms with Crippen molar-refractivity contribution in [2.24, 2.45) is 5.41 Å². The average Bonchev–Trinajstić information content (AvgIpc) is 3.22. The Morgan fingerprint density at radius 2 is 1.48 bits per heavy atom. The highest BCUT2D eigenvalue weighted by Crippen LogP contribution is 2.46. The summed E-state index contributed by atoms with van der Waals surface area (Å²) in [7, 11) is -2.13. The minimum atomic E-state index is -3.67. The molecule has 29 heavy (non-hydrogen) atoms. The maximum Gasteiger partial charge on any atom is 0.264 e. The molecule has 6 heteroatoms. The van der Waals surface area contributed by atoms with Crippen molar-refractivity contribution in [2.45, 2.75) is 43.4 Å². The molecule has 1 amide bonds. The zero-order valence-electron chi connectivity index (χ0n) is 16.9. The summed E-state index contributed by atoms with van der Waals surface area (Å²) >= 11 is 0. The van der Waals surface area contributed by atoms with Gasteiger partial charge in [-0.1, -0.05) is 31.0 Å². The second kappa shape index (κ2) is 7.82. The number of carbonyl (C=O) groups is 1. The summed E-state index contributed by atoms with van der Waals surface area (Å²) in [6.07, 6.45) is 7.43. The molecule has 1 aliphatic carbocycles. The number of hydrogen-bond donors (Lipinski definition) is 0. The smallest absolute Gasteiger partial charge is 0.264 e. The van der Waals surface area contributed by atoms with Crippen molar-refractivity contribution in [1.82, 2.24) is 4.90 Å². The molecule has 2 aromatic rings. The molecule has 1 spiro atoms. The number of amides is 1. The fourth-order valence-corrected chi connectivity index (χ4v) is 5.89. The zero-order chi connectivity index (χ0) is 20.5. The van der Waals surface area contributed by atoms with E-state index < -0.39 is 10.0 Å². The maximum atomic E-state index is 12.9. The maximum absolute atomic E-state index is 12.9. The minimum absolute atomic E-state index is 0.00166. The molecule has 2 aromatic carbocycles. The Morgan fingerprint density at radius 1 is 0.897 bits per heavy atom. The molecule has 0 N–H and O–H groups in total. The molecule has 0 bridgehead atoms. The molecule has 1 saturated carbocycles. The van der Waals surface area contributed by atoms with E-state index >= 15 is 0 Å². The van der Waals surface area contributed by atoms with Crippen molar-refractivity contribution in [2.75, 3.05) is 24.4 Å². The van der Waals surface area contributed by atoms with Crippen LogP contribution in [0.2, 0.25) is 0 Å². The van der Waals surface area contributed by atoms with Gasteiger partial charge in [0.25, 0.3) is 15.9 Å². The van der Waals surface area contributed by atoms with Gasteiger partial charge in [0.2, 0.25) is 0 Å². The van der Waals surface area contributed by atoms with Crippen molar-refractivity contribution in [3.63, 3.8) is 0 Å². The van der Waals surface area contributed by atoms with E-state index in [-0.39, 0.29) is 10.8 Å². The topological polar surface area (TPSA) is 57.7 Å². The lowest BCUT2D eigenvalue weighted by Gasteiger charge is -2.39. The summed E-state index contributed by atoms with van der Waals surface area (Å²) < 4.78 is 27.0. The highest BCUT2D eigenvalue weighted by molar-refractivity contribution is 7.92. The van der Waals surface area contributed by atoms with Crippen LogP contribution in [0.4, 0.5) is 5.69 Å². The SMILES string of the molecule is CN(c1ccccc1)S(=O)(=O)c1ccc(C(=O)N2CCC3(CCCC3)CC2)cc1. The molecule has 1 saturated heterocycles. The monoisotopic (exact) mass is 412 g/mol. The van der Waals surface area contributed by atoms with Crippen LogP contribution in [0, 0.1) is 5.41 Å². The van der Waals surface area contributed by atoms with Crippen molar-refractivity contribution in [1.29, 1.82) is 0 Å². The van der Waals surface area contributed by atoms with Gasteiger partial charge in [0.1, 0.15) is 0 Å². The van der Waals surface area contributed by atoms with Crippen LogP contribution in [0.3, 0.4) is 0 Å². The third-order valence-corrected chi connectivity index (χ3v) is 8.45. The minimum Gasteiger partial charge on any atom is -0.339 e. The Hall–Kier alpha value is -2.34. The third kappa shape index (κ3) is 3.90. The standard InChI is InChI=1S/C23H28N2O3S/c1-24(20-7-3-2-4-8-20)29(27,28)21-11-9-19(10-12-21)22(26)25-17-15-23(16-18-25)13-5-6-14-23/h2-4,7-12H,5-6,13-18H2,1H3. The summed E-state index contributed by atoms with van der Waals surface area (Å²) in [5, 5.41) is 0. The molecule has 154 valence electrons. The lowest BCUT2D eigenvalue weighted by Crippen LogP contribution is -2.42. The number of anilines is 1. The zero-order valence-corrected chi connectivity index (χ0v) is 17.7. The van der Waals surface area contributed by atoms with E-state index in [9.17, 15) is 13.2 Å². The number of hydrogen-bond acceptors (Lipinski definition) is 3. The van der Waals surface area contributed by atoms with E-state index in [0.717, 1.165) is 25.9 Å². The van der Waals surface area contributed by atoms with Crippen molar-refractivity contribution in [3.05, 3.63) is 60.2 Å². The van der Waals surface area contributed by atoms with Crippen molar-refractivity contribution in [3.8, 4) is 0 Å². The van der Waals surface area contributed by atoms with Crippen LogP contribution in [0.25, 0.3) is 0 Å². The van der Waals surface area contributed by atoms with Crippen LogP contribution >= 0.6 is 0 Å². The highest BCUT2D eigenvalue weighted by Gasteiger charge is 2.38. The molecule has 0 atom stereocenters. The van der Waals surface area contributed by atoms with E-state index in [1.165, 1.54) is 49.2 Å². The molecular formula is C23H28N2O3S. The quantitative estimate of drug-likeness (QED) is 0.752. The lowest BCUT2D eigenvalue weighted by molar-refractivity contribution is 0.0587. The number of sulfonamides is 1. The molecule has 0 radical (unpaired) electrons. The highest BCUT2D eigenvalue weighted by atomic mass is 32.2. The van der Waals surface area contributed by atoms with Crippen molar-refractivity contribution >= 4 is 21.6 Å². The van der Waals surface area contributed by atoms with Crippen LogP contribution in [0.1, 0.15) is 48.9 Å². The molecular weight excluding hydrogens is 384 g/mol. The molecule has 5 nitrogen and oxygen atoms in total. The molecule has 4 rings (SSSR count). The van der Waals surface area contributed by atoms with Crippen molar-refractivity contribution < 1.29 is 13.2 Å². The Labute approximate surface area is 173 Å². The lowest BCUT2D eigenvalue weighted by atomic mass is 9.77. The van der Waals surface area contributed by atoms with Gasteiger partial charge in [0.15, 0.2) is 0 Å². The summed E-state index contributed by atoms with van der Waals surface area (Å²) in [4.78, 5) is 15.0. The van der Waals surface area contributed by atoms with Crippen LogP contribution in [0.5, 0.6) is 0 Å². The Balaban J connectivity index is 1.45. The second-order valence-corrected chi connectivity index (χ2v) is 10.3. The summed E-state index contributed by atoms with van der Waals surface area (Å²) in [6.45, 7) is 1.60. The third-order valence-electron chi connectivity index (χ3n) is 6.65. The van der Waals surface area contributed by atoms with E-state index in [0.29, 0.717) is 16.7 Å². The van der Waals surface area contributed by atoms with Gasteiger partial charge in [0.05, 0.1) is 10.6 Å². The molecule has 1 heterocycles. The van der Waals surface area contributed by atoms with Crippen LogP contribution < -0.4 is 4.31 Å². The van der Waals surface area contributed by atoms with Gasteiger partial charge in [-0.2, -0.15) is 0 Å². The molecule has 2 aliphatic rings. The van der Waals surface area contributed by atoms with Crippen LogP contribution in [-0.2, 0) is 10.0 Å². The number of carbonyl (C=O) groups excluding carboxylic acids is 1. The first-order valence-electron chi connectivity index (χ1n) is 10.3. The normalized spacial score (nSPS) is 18.7. The molecule has 2 fully saturated rings. The van der Waals surface area contributed by atoms with Gasteiger partial charge in [-0.15, -0.1) is 0 Å². The Morgan fingerprint density at radius 3 is 2.07 bits per heavy atom. The summed E-state index contributed by atoms with van der Waals surface area (Å²) in [5.41, 5.74) is 1.62.